The summed E-state index contributed by atoms with van der Waals surface area (Å²) in [6.45, 7) is 7.81. The number of alkyl halides is 3. The Morgan fingerprint density at radius 2 is 2.00 bits per heavy atom. The van der Waals surface area contributed by atoms with Crippen molar-refractivity contribution < 1.29 is 17.6 Å². The summed E-state index contributed by atoms with van der Waals surface area (Å²) in [5.41, 5.74) is -0.481. The van der Waals surface area contributed by atoms with Gasteiger partial charge in [-0.2, -0.15) is 13.2 Å². The molecule has 0 bridgehead atoms. The van der Waals surface area contributed by atoms with E-state index in [9.17, 15) is 17.6 Å². The SMILES string of the molecule is C[C@H]1CNCC[C@H]1c1nc(-c2ccc(F)c(C(F)(F)F)c2)cn1CCN1CCC1. The quantitative estimate of drug-likeness (QED) is 0.753. The van der Waals surface area contributed by atoms with Crippen LogP contribution < -0.4 is 5.32 Å². The Morgan fingerprint density at radius 1 is 1.21 bits per heavy atom. The first-order valence-corrected chi connectivity index (χ1v) is 10.2. The van der Waals surface area contributed by atoms with Crippen molar-refractivity contribution in [1.29, 1.82) is 0 Å². The highest BCUT2D eigenvalue weighted by Crippen LogP contribution is 2.36. The number of rotatable bonds is 5. The molecule has 0 aliphatic carbocycles. The topological polar surface area (TPSA) is 33.1 Å². The van der Waals surface area contributed by atoms with Gasteiger partial charge < -0.3 is 14.8 Å². The molecule has 2 aliphatic heterocycles. The van der Waals surface area contributed by atoms with Crippen LogP contribution in [0.2, 0.25) is 0 Å². The third kappa shape index (κ3) is 4.33. The highest BCUT2D eigenvalue weighted by Gasteiger charge is 2.35. The lowest BCUT2D eigenvalue weighted by atomic mass is 9.87. The minimum atomic E-state index is -4.73. The van der Waals surface area contributed by atoms with Crippen LogP contribution in [0.15, 0.2) is 24.4 Å². The number of likely N-dealkylation sites (tertiary alicyclic amines) is 1. The number of benzene rings is 1. The fourth-order valence-corrected chi connectivity index (χ4v) is 4.20. The molecule has 0 spiro atoms. The van der Waals surface area contributed by atoms with Crippen molar-refractivity contribution in [2.45, 2.75) is 38.4 Å². The Labute approximate surface area is 167 Å². The maximum absolute atomic E-state index is 13.7. The number of aromatic nitrogens is 2. The van der Waals surface area contributed by atoms with Crippen molar-refractivity contribution >= 4 is 0 Å². The van der Waals surface area contributed by atoms with Crippen molar-refractivity contribution in [3.63, 3.8) is 0 Å². The van der Waals surface area contributed by atoms with Crippen molar-refractivity contribution in [3.8, 4) is 11.3 Å². The van der Waals surface area contributed by atoms with Crippen molar-refractivity contribution in [3.05, 3.63) is 41.6 Å². The van der Waals surface area contributed by atoms with Crippen molar-refractivity contribution in [1.82, 2.24) is 19.8 Å². The van der Waals surface area contributed by atoms with Gasteiger partial charge in [0.2, 0.25) is 0 Å². The zero-order valence-corrected chi connectivity index (χ0v) is 16.5. The van der Waals surface area contributed by atoms with E-state index in [1.807, 2.05) is 6.20 Å². The monoisotopic (exact) mass is 410 g/mol. The minimum absolute atomic E-state index is 0.254. The van der Waals surface area contributed by atoms with Gasteiger partial charge in [0, 0.05) is 30.8 Å². The zero-order valence-electron chi connectivity index (χ0n) is 16.5. The fourth-order valence-electron chi connectivity index (χ4n) is 4.20. The molecule has 0 saturated carbocycles. The molecule has 0 radical (unpaired) electrons. The number of piperidine rings is 1. The van der Waals surface area contributed by atoms with E-state index in [2.05, 4.69) is 21.7 Å². The summed E-state index contributed by atoms with van der Waals surface area (Å²) in [5, 5.41) is 3.38. The first-order valence-electron chi connectivity index (χ1n) is 10.2. The molecule has 4 nitrogen and oxygen atoms in total. The van der Waals surface area contributed by atoms with Crippen LogP contribution in [0.3, 0.4) is 0 Å². The maximum Gasteiger partial charge on any atom is 0.419 e. The van der Waals surface area contributed by atoms with Gasteiger partial charge in [-0.3, -0.25) is 0 Å². The lowest BCUT2D eigenvalue weighted by molar-refractivity contribution is -0.139. The molecule has 2 saturated heterocycles. The predicted molar refractivity (Wildman–Crippen MR) is 103 cm³/mol. The molecule has 1 aromatic carbocycles. The third-order valence-corrected chi connectivity index (χ3v) is 6.10. The lowest BCUT2D eigenvalue weighted by Crippen LogP contribution is -2.39. The first-order chi connectivity index (χ1) is 13.8. The molecule has 1 aromatic heterocycles. The van der Waals surface area contributed by atoms with E-state index in [0.717, 1.165) is 63.6 Å². The van der Waals surface area contributed by atoms with Crippen LogP contribution in [-0.4, -0.2) is 47.2 Å². The van der Waals surface area contributed by atoms with Gasteiger partial charge in [-0.15, -0.1) is 0 Å². The van der Waals surface area contributed by atoms with Gasteiger partial charge in [0.1, 0.15) is 11.6 Å². The maximum atomic E-state index is 13.7. The number of hydrogen-bond acceptors (Lipinski definition) is 3. The van der Waals surface area contributed by atoms with E-state index in [1.54, 1.807) is 0 Å². The summed E-state index contributed by atoms with van der Waals surface area (Å²) in [6, 6.07) is 3.12. The Balaban J connectivity index is 1.68. The molecule has 1 N–H and O–H groups in total. The molecule has 2 aromatic rings. The predicted octanol–water partition coefficient (Wildman–Crippen LogP) is 4.13. The first kappa shape index (κ1) is 20.3. The van der Waals surface area contributed by atoms with E-state index in [4.69, 9.17) is 4.98 Å². The average Bonchev–Trinajstić information content (AvgIpc) is 3.04. The van der Waals surface area contributed by atoms with Crippen LogP contribution in [0.5, 0.6) is 0 Å². The normalized spacial score (nSPS) is 23.2. The summed E-state index contributed by atoms with van der Waals surface area (Å²) in [6.07, 6.45) is -0.745. The van der Waals surface area contributed by atoms with Crippen LogP contribution in [-0.2, 0) is 12.7 Å². The van der Waals surface area contributed by atoms with Crippen LogP contribution in [0.1, 0.15) is 37.1 Å². The molecule has 29 heavy (non-hydrogen) atoms. The Hall–Kier alpha value is -1.93. The summed E-state index contributed by atoms with van der Waals surface area (Å²) < 4.78 is 55.2. The number of hydrogen-bond donors (Lipinski definition) is 1. The lowest BCUT2D eigenvalue weighted by Gasteiger charge is -2.32. The number of imidazole rings is 1. The molecule has 2 aliphatic rings. The van der Waals surface area contributed by atoms with Gasteiger partial charge >= 0.3 is 6.18 Å². The van der Waals surface area contributed by atoms with Gasteiger partial charge in [0.05, 0.1) is 11.3 Å². The fraction of sp³-hybridized carbons (Fsp3) is 0.571. The molecular formula is C21H26F4N4. The molecule has 2 fully saturated rings. The van der Waals surface area contributed by atoms with Crippen LogP contribution in [0.4, 0.5) is 17.6 Å². The zero-order chi connectivity index (χ0) is 20.6. The van der Waals surface area contributed by atoms with Crippen LogP contribution >= 0.6 is 0 Å². The average molecular weight is 410 g/mol. The smallest absolute Gasteiger partial charge is 0.333 e. The summed E-state index contributed by atoms with van der Waals surface area (Å²) in [7, 11) is 0. The van der Waals surface area contributed by atoms with Gasteiger partial charge in [0.25, 0.3) is 0 Å². The summed E-state index contributed by atoms with van der Waals surface area (Å²) in [5.74, 6) is 0.308. The molecule has 2 atom stereocenters. The molecule has 0 unspecified atom stereocenters. The van der Waals surface area contributed by atoms with E-state index in [-0.39, 0.29) is 5.92 Å². The second kappa shape index (κ2) is 8.07. The Kier molecular flexibility index (Phi) is 5.66. The highest BCUT2D eigenvalue weighted by atomic mass is 19.4. The third-order valence-electron chi connectivity index (χ3n) is 6.10. The van der Waals surface area contributed by atoms with Crippen LogP contribution in [0.25, 0.3) is 11.3 Å². The molecule has 0 amide bonds. The molecule has 8 heteroatoms. The molecular weight excluding hydrogens is 384 g/mol. The minimum Gasteiger partial charge on any atom is -0.333 e. The van der Waals surface area contributed by atoms with Crippen LogP contribution in [0, 0.1) is 11.7 Å². The summed E-state index contributed by atoms with van der Waals surface area (Å²) >= 11 is 0. The largest absolute Gasteiger partial charge is 0.419 e. The Bertz CT molecular complexity index is 857. The number of nitrogens with zero attached hydrogens (tertiary/aromatic N) is 3. The second-order valence-corrected chi connectivity index (χ2v) is 8.14. The second-order valence-electron chi connectivity index (χ2n) is 8.14. The standard InChI is InChI=1S/C21H26F4N4/c1-14-12-26-6-5-16(14)20-27-19(13-29(20)10-9-28-7-2-8-28)15-3-4-18(22)17(11-15)21(23,24)25/h3-4,11,13-14,16,26H,2,5-10,12H2,1H3/t14-,16+/m0/s1. The Morgan fingerprint density at radius 3 is 2.66 bits per heavy atom. The van der Waals surface area contributed by atoms with Crippen molar-refractivity contribution in [2.24, 2.45) is 5.92 Å². The molecule has 3 heterocycles. The van der Waals surface area contributed by atoms with Gasteiger partial charge in [-0.1, -0.05) is 6.92 Å². The number of nitrogens with one attached hydrogen (secondary N) is 1. The number of halogens is 4. The van der Waals surface area contributed by atoms with E-state index < -0.39 is 17.6 Å². The molecule has 4 rings (SSSR count). The van der Waals surface area contributed by atoms with Gasteiger partial charge in [0.15, 0.2) is 0 Å². The van der Waals surface area contributed by atoms with Gasteiger partial charge in [-0.25, -0.2) is 9.37 Å². The van der Waals surface area contributed by atoms with Gasteiger partial charge in [-0.05, 0) is 63.1 Å². The highest BCUT2D eigenvalue weighted by molar-refractivity contribution is 5.60. The van der Waals surface area contributed by atoms with E-state index >= 15 is 0 Å². The van der Waals surface area contributed by atoms with E-state index in [1.165, 1.54) is 12.5 Å². The molecule has 158 valence electrons. The summed E-state index contributed by atoms with van der Waals surface area (Å²) in [4.78, 5) is 7.11. The van der Waals surface area contributed by atoms with Crippen molar-refractivity contribution in [2.75, 3.05) is 32.7 Å². The van der Waals surface area contributed by atoms with E-state index in [0.29, 0.717) is 17.2 Å².